The third-order valence-electron chi connectivity index (χ3n) is 3.04. The summed E-state index contributed by atoms with van der Waals surface area (Å²) in [6.45, 7) is 2.06. The molecule has 4 heteroatoms. The van der Waals surface area contributed by atoms with Crippen molar-refractivity contribution in [3.63, 3.8) is 0 Å². The lowest BCUT2D eigenvalue weighted by atomic mass is 10.2. The molecular weight excluding hydrogens is 226 g/mol. The number of aromatic nitrogens is 3. The number of rotatable bonds is 1. The molecule has 0 aliphatic heterocycles. The molecule has 0 fully saturated rings. The Morgan fingerprint density at radius 2 is 2.00 bits per heavy atom. The minimum atomic E-state index is -0.0222. The summed E-state index contributed by atoms with van der Waals surface area (Å²) in [7, 11) is 1.74. The first kappa shape index (κ1) is 10.8. The number of nitrogens with zero attached hydrogens (tertiary/aromatic N) is 3. The predicted molar refractivity (Wildman–Crippen MR) is 71.0 cm³/mol. The van der Waals surface area contributed by atoms with Gasteiger partial charge in [-0.1, -0.05) is 11.6 Å². The normalized spacial score (nSPS) is 11.0. The highest BCUT2D eigenvalue weighted by atomic mass is 16.1. The van der Waals surface area contributed by atoms with Crippen LogP contribution in [0.1, 0.15) is 5.56 Å². The van der Waals surface area contributed by atoms with Crippen molar-refractivity contribution in [2.45, 2.75) is 6.92 Å². The first-order valence-corrected chi connectivity index (χ1v) is 5.76. The average molecular weight is 239 g/mol. The number of benzene rings is 1. The van der Waals surface area contributed by atoms with Gasteiger partial charge < -0.3 is 4.57 Å². The Kier molecular flexibility index (Phi) is 2.30. The highest BCUT2D eigenvalue weighted by Crippen LogP contribution is 2.18. The zero-order valence-electron chi connectivity index (χ0n) is 10.3. The van der Waals surface area contributed by atoms with E-state index in [1.165, 1.54) is 5.56 Å². The molecule has 0 bridgehead atoms. The molecule has 90 valence electrons. The molecule has 0 radical (unpaired) electrons. The highest BCUT2D eigenvalue weighted by Gasteiger charge is 2.05. The van der Waals surface area contributed by atoms with Gasteiger partial charge in [-0.15, -0.1) is 0 Å². The van der Waals surface area contributed by atoms with Gasteiger partial charge in [-0.2, -0.15) is 5.10 Å². The van der Waals surface area contributed by atoms with E-state index >= 15 is 0 Å². The van der Waals surface area contributed by atoms with Gasteiger partial charge in [0.25, 0.3) is 0 Å². The molecule has 0 N–H and O–H groups in total. The van der Waals surface area contributed by atoms with Crippen LogP contribution in [-0.2, 0) is 7.05 Å². The van der Waals surface area contributed by atoms with Gasteiger partial charge in [0.1, 0.15) is 0 Å². The van der Waals surface area contributed by atoms with Crippen LogP contribution in [0, 0.1) is 6.92 Å². The van der Waals surface area contributed by atoms with Gasteiger partial charge >= 0.3 is 0 Å². The minimum Gasteiger partial charge on any atom is -0.316 e. The number of hydrogen-bond donors (Lipinski definition) is 0. The molecule has 0 unspecified atom stereocenters. The Morgan fingerprint density at radius 3 is 2.78 bits per heavy atom. The summed E-state index contributed by atoms with van der Waals surface area (Å²) < 4.78 is 3.39. The Bertz CT molecular complexity index is 783. The second-order valence-corrected chi connectivity index (χ2v) is 4.46. The Balaban J connectivity index is 2.25. The lowest BCUT2D eigenvalue weighted by Crippen LogP contribution is -2.15. The van der Waals surface area contributed by atoms with Crippen molar-refractivity contribution in [3.8, 4) is 5.69 Å². The van der Waals surface area contributed by atoms with Crippen molar-refractivity contribution in [1.29, 1.82) is 0 Å². The predicted octanol–water partition coefficient (Wildman–Crippen LogP) is 2.03. The summed E-state index contributed by atoms with van der Waals surface area (Å²) >= 11 is 0. The van der Waals surface area contributed by atoms with Gasteiger partial charge in [0, 0.05) is 24.7 Å². The van der Waals surface area contributed by atoms with Crippen LogP contribution in [0.5, 0.6) is 0 Å². The van der Waals surface area contributed by atoms with Crippen LogP contribution in [0.15, 0.2) is 47.5 Å². The van der Waals surface area contributed by atoms with E-state index in [0.717, 1.165) is 16.6 Å². The van der Waals surface area contributed by atoms with Gasteiger partial charge in [0.15, 0.2) is 0 Å². The molecule has 2 heterocycles. The number of fused-ring (bicyclic) bond motifs is 1. The van der Waals surface area contributed by atoms with Crippen LogP contribution < -0.4 is 5.56 Å². The Labute approximate surface area is 104 Å². The van der Waals surface area contributed by atoms with Crippen molar-refractivity contribution in [1.82, 2.24) is 14.3 Å². The van der Waals surface area contributed by atoms with Crippen LogP contribution >= 0.6 is 0 Å². The van der Waals surface area contributed by atoms with E-state index in [2.05, 4.69) is 24.2 Å². The molecule has 0 amide bonds. The molecule has 4 nitrogen and oxygen atoms in total. The van der Waals surface area contributed by atoms with Crippen LogP contribution in [0.3, 0.4) is 0 Å². The largest absolute Gasteiger partial charge is 0.316 e. The molecule has 2 aromatic heterocycles. The maximum Gasteiger partial charge on any atom is 0.250 e. The second kappa shape index (κ2) is 3.84. The molecule has 0 aliphatic carbocycles. The number of aryl methyl sites for hydroxylation is 2. The van der Waals surface area contributed by atoms with Crippen LogP contribution in [0.4, 0.5) is 0 Å². The molecule has 0 saturated heterocycles. The van der Waals surface area contributed by atoms with Crippen LogP contribution in [-0.4, -0.2) is 14.3 Å². The zero-order valence-corrected chi connectivity index (χ0v) is 10.3. The van der Waals surface area contributed by atoms with Gasteiger partial charge in [-0.05, 0) is 25.1 Å². The molecule has 18 heavy (non-hydrogen) atoms. The molecule has 1 aromatic carbocycles. The molecular formula is C14H13N3O. The van der Waals surface area contributed by atoms with Crippen LogP contribution in [0.25, 0.3) is 16.6 Å². The molecule has 0 spiro atoms. The molecule has 3 aromatic rings. The van der Waals surface area contributed by atoms with Gasteiger partial charge in [-0.25, -0.2) is 4.68 Å². The smallest absolute Gasteiger partial charge is 0.250 e. The summed E-state index contributed by atoms with van der Waals surface area (Å²) in [5.74, 6) is 0. The Hall–Kier alpha value is -2.36. The third kappa shape index (κ3) is 1.62. The fourth-order valence-corrected chi connectivity index (χ4v) is 2.06. The maximum absolute atomic E-state index is 11.4. The zero-order chi connectivity index (χ0) is 12.7. The maximum atomic E-state index is 11.4. The van der Waals surface area contributed by atoms with Crippen molar-refractivity contribution in [2.24, 2.45) is 7.05 Å². The molecule has 3 rings (SSSR count). The summed E-state index contributed by atoms with van der Waals surface area (Å²) in [4.78, 5) is 11.4. The summed E-state index contributed by atoms with van der Waals surface area (Å²) in [5.41, 5.74) is 3.11. The SMILES string of the molecule is Cc1ccc2c(cnn2-c2ccc(=O)n(C)c2)c1. The van der Waals surface area contributed by atoms with Crippen molar-refractivity contribution in [2.75, 3.05) is 0 Å². The quantitative estimate of drug-likeness (QED) is 0.652. The minimum absolute atomic E-state index is 0.0222. The molecule has 0 saturated carbocycles. The van der Waals surface area contributed by atoms with E-state index in [4.69, 9.17) is 0 Å². The van der Waals surface area contributed by atoms with Crippen LogP contribution in [0.2, 0.25) is 0 Å². The average Bonchev–Trinajstić information content (AvgIpc) is 2.75. The van der Waals surface area contributed by atoms with E-state index in [-0.39, 0.29) is 5.56 Å². The van der Waals surface area contributed by atoms with Crippen molar-refractivity contribution < 1.29 is 0 Å². The van der Waals surface area contributed by atoms with Gasteiger partial charge in [0.05, 0.1) is 17.4 Å². The first-order valence-electron chi connectivity index (χ1n) is 5.76. The first-order chi connectivity index (χ1) is 8.65. The summed E-state index contributed by atoms with van der Waals surface area (Å²) in [6, 6.07) is 9.54. The monoisotopic (exact) mass is 239 g/mol. The standard InChI is InChI=1S/C14H13N3O/c1-10-3-5-13-11(7-10)8-15-17(13)12-4-6-14(18)16(2)9-12/h3-9H,1-2H3. The van der Waals surface area contributed by atoms with E-state index in [1.54, 1.807) is 29.9 Å². The lowest BCUT2D eigenvalue weighted by molar-refractivity contribution is 0.822. The highest BCUT2D eigenvalue weighted by molar-refractivity contribution is 5.80. The second-order valence-electron chi connectivity index (χ2n) is 4.46. The third-order valence-corrected chi connectivity index (χ3v) is 3.04. The van der Waals surface area contributed by atoms with E-state index < -0.39 is 0 Å². The fourth-order valence-electron chi connectivity index (χ4n) is 2.06. The van der Waals surface area contributed by atoms with Crippen molar-refractivity contribution >= 4 is 10.9 Å². The van der Waals surface area contributed by atoms with Gasteiger partial charge in [0.2, 0.25) is 5.56 Å². The van der Waals surface area contributed by atoms with E-state index in [1.807, 2.05) is 16.9 Å². The number of hydrogen-bond acceptors (Lipinski definition) is 2. The molecule has 0 atom stereocenters. The Morgan fingerprint density at radius 1 is 1.17 bits per heavy atom. The topological polar surface area (TPSA) is 39.8 Å². The fraction of sp³-hybridized carbons (Fsp3) is 0.143. The van der Waals surface area contributed by atoms with E-state index in [0.29, 0.717) is 0 Å². The van der Waals surface area contributed by atoms with Gasteiger partial charge in [-0.3, -0.25) is 4.79 Å². The number of pyridine rings is 1. The molecule has 0 aliphatic rings. The van der Waals surface area contributed by atoms with Crippen molar-refractivity contribution in [3.05, 3.63) is 58.6 Å². The summed E-state index contributed by atoms with van der Waals surface area (Å²) in [5, 5.41) is 5.48. The summed E-state index contributed by atoms with van der Waals surface area (Å²) in [6.07, 6.45) is 3.63. The van der Waals surface area contributed by atoms with E-state index in [9.17, 15) is 4.79 Å². The lowest BCUT2D eigenvalue weighted by Gasteiger charge is -2.05.